The molecule has 0 amide bonds. The molecule has 1 aromatic rings. The molecule has 2 aliphatic carbocycles. The summed E-state index contributed by atoms with van der Waals surface area (Å²) in [6, 6.07) is 3.49. The van der Waals surface area contributed by atoms with E-state index in [-0.39, 0.29) is 11.5 Å². The number of hydrogen-bond acceptors (Lipinski definition) is 2. The van der Waals surface area contributed by atoms with Crippen molar-refractivity contribution in [3.63, 3.8) is 0 Å². The lowest BCUT2D eigenvalue weighted by molar-refractivity contribution is 0.376. The van der Waals surface area contributed by atoms with Crippen LogP contribution in [0.5, 0.6) is 0 Å². The van der Waals surface area contributed by atoms with Gasteiger partial charge in [0.1, 0.15) is 0 Å². The van der Waals surface area contributed by atoms with E-state index in [2.05, 4.69) is 37.9 Å². The Hall–Kier alpha value is -1.61. The summed E-state index contributed by atoms with van der Waals surface area (Å²) in [5, 5.41) is 0. The smallest absolute Gasteiger partial charge is 0.248 e. The highest BCUT2D eigenvalue weighted by Crippen LogP contribution is 2.52. The number of pyridine rings is 1. The summed E-state index contributed by atoms with van der Waals surface area (Å²) in [5.41, 5.74) is 10.9. The van der Waals surface area contributed by atoms with Crippen molar-refractivity contribution >= 4 is 0 Å². The number of allylic oxidation sites excluding steroid dienone is 2. The highest BCUT2D eigenvalue weighted by atomic mass is 16.1. The number of aromatic nitrogens is 1. The van der Waals surface area contributed by atoms with Crippen LogP contribution in [0.4, 0.5) is 0 Å². The lowest BCUT2D eigenvalue weighted by Crippen LogP contribution is -2.49. The highest BCUT2D eigenvalue weighted by Gasteiger charge is 2.46. The molecule has 0 saturated heterocycles. The molecule has 3 atom stereocenters. The average Bonchev–Trinajstić information content (AvgIpc) is 2.35. The molecule has 0 unspecified atom stereocenters. The normalized spacial score (nSPS) is 34.9. The van der Waals surface area contributed by atoms with Crippen molar-refractivity contribution in [2.24, 2.45) is 11.7 Å². The van der Waals surface area contributed by atoms with Crippen molar-refractivity contribution in [2.45, 2.75) is 38.6 Å². The van der Waals surface area contributed by atoms with E-state index in [1.54, 1.807) is 6.07 Å². The van der Waals surface area contributed by atoms with Crippen LogP contribution in [0, 0.1) is 5.92 Å². The zero-order valence-electron chi connectivity index (χ0n) is 11.7. The van der Waals surface area contributed by atoms with E-state index in [0.29, 0.717) is 5.92 Å². The third-order valence-electron chi connectivity index (χ3n) is 4.63. The minimum Gasteiger partial charge on any atom is -0.326 e. The summed E-state index contributed by atoms with van der Waals surface area (Å²) in [6.45, 7) is 6.36. The zero-order chi connectivity index (χ0) is 13.8. The van der Waals surface area contributed by atoms with Crippen LogP contribution in [0.25, 0.3) is 0 Å². The van der Waals surface area contributed by atoms with Crippen LogP contribution in [0.3, 0.4) is 0 Å². The molecule has 3 heteroatoms. The van der Waals surface area contributed by atoms with Crippen molar-refractivity contribution in [3.05, 3.63) is 57.0 Å². The van der Waals surface area contributed by atoms with E-state index in [4.69, 9.17) is 5.73 Å². The van der Waals surface area contributed by atoms with Crippen LogP contribution in [0.2, 0.25) is 0 Å². The number of hydrogen-bond donors (Lipinski definition) is 2. The van der Waals surface area contributed by atoms with Crippen LogP contribution < -0.4 is 11.3 Å². The molecule has 1 heterocycles. The van der Waals surface area contributed by atoms with Crippen LogP contribution in [0.15, 0.2) is 40.2 Å². The third kappa shape index (κ3) is 1.58. The quantitative estimate of drug-likeness (QED) is 0.701. The largest absolute Gasteiger partial charge is 0.326 e. The van der Waals surface area contributed by atoms with Crippen LogP contribution in [-0.4, -0.2) is 4.98 Å². The first kappa shape index (κ1) is 12.4. The van der Waals surface area contributed by atoms with Crippen LogP contribution in [0.1, 0.15) is 44.4 Å². The lowest BCUT2D eigenvalue weighted by Gasteiger charge is -2.48. The van der Waals surface area contributed by atoms with Crippen molar-refractivity contribution in [2.75, 3.05) is 0 Å². The van der Waals surface area contributed by atoms with Crippen molar-refractivity contribution in [1.29, 1.82) is 0 Å². The van der Waals surface area contributed by atoms with Gasteiger partial charge in [0.15, 0.2) is 0 Å². The van der Waals surface area contributed by atoms with E-state index in [9.17, 15) is 4.79 Å². The fourth-order valence-electron chi connectivity index (χ4n) is 3.83. The summed E-state index contributed by atoms with van der Waals surface area (Å²) in [7, 11) is 0. The Labute approximate surface area is 113 Å². The van der Waals surface area contributed by atoms with Crippen molar-refractivity contribution in [3.8, 4) is 0 Å². The van der Waals surface area contributed by atoms with E-state index in [0.717, 1.165) is 17.7 Å². The van der Waals surface area contributed by atoms with Gasteiger partial charge in [-0.2, -0.15) is 0 Å². The number of aromatic amines is 1. The topological polar surface area (TPSA) is 58.9 Å². The molecule has 0 aromatic carbocycles. The number of rotatable bonds is 0. The van der Waals surface area contributed by atoms with Crippen molar-refractivity contribution in [1.82, 2.24) is 4.98 Å². The molecule has 0 aliphatic heterocycles. The molecule has 1 aromatic heterocycles. The first-order chi connectivity index (χ1) is 8.97. The molecule has 19 heavy (non-hydrogen) atoms. The van der Waals surface area contributed by atoms with E-state index in [1.165, 1.54) is 11.1 Å². The lowest BCUT2D eigenvalue weighted by atomic mass is 9.60. The average molecular weight is 256 g/mol. The van der Waals surface area contributed by atoms with E-state index >= 15 is 0 Å². The maximum Gasteiger partial charge on any atom is 0.248 e. The van der Waals surface area contributed by atoms with Crippen molar-refractivity contribution < 1.29 is 0 Å². The van der Waals surface area contributed by atoms with Gasteiger partial charge in [0, 0.05) is 23.6 Å². The van der Waals surface area contributed by atoms with E-state index in [1.807, 2.05) is 6.07 Å². The highest BCUT2D eigenvalue weighted by molar-refractivity contribution is 5.50. The second kappa shape index (κ2) is 3.94. The van der Waals surface area contributed by atoms with Gasteiger partial charge < -0.3 is 10.7 Å². The molecule has 0 spiro atoms. The van der Waals surface area contributed by atoms with E-state index < -0.39 is 5.54 Å². The molecular weight excluding hydrogens is 236 g/mol. The van der Waals surface area contributed by atoms with Gasteiger partial charge in [-0.25, -0.2) is 0 Å². The molecule has 0 radical (unpaired) electrons. The molecule has 0 fully saturated rings. The van der Waals surface area contributed by atoms with Gasteiger partial charge in [0.05, 0.1) is 5.54 Å². The molecule has 2 bridgehead atoms. The fraction of sp³-hybridized carbons (Fsp3) is 0.438. The number of H-pyrrole nitrogens is 1. The molecule has 3 nitrogen and oxygen atoms in total. The summed E-state index contributed by atoms with van der Waals surface area (Å²) >= 11 is 0. The Bertz CT molecular complexity index is 653. The summed E-state index contributed by atoms with van der Waals surface area (Å²) in [5.74, 6) is 0.566. The van der Waals surface area contributed by atoms with Crippen LogP contribution in [-0.2, 0) is 5.54 Å². The Kier molecular flexibility index (Phi) is 2.58. The summed E-state index contributed by atoms with van der Waals surface area (Å²) in [4.78, 5) is 14.6. The minimum atomic E-state index is -0.454. The molecule has 3 rings (SSSR count). The molecule has 0 saturated carbocycles. The van der Waals surface area contributed by atoms with Gasteiger partial charge in [0.2, 0.25) is 5.56 Å². The Morgan fingerprint density at radius 2 is 2.21 bits per heavy atom. The number of fused-ring (bicyclic) bond motifs is 4. The summed E-state index contributed by atoms with van der Waals surface area (Å²) in [6.07, 6.45) is 5.28. The monoisotopic (exact) mass is 256 g/mol. The minimum absolute atomic E-state index is 0.0445. The molecular formula is C16H20N2O. The standard InChI is InChI=1S/C16H20N2O/c1-4-12-11-7-9(2)8-16(12,17)13-5-6-14(19)18-15(13)10(11)3/h4-7,10-11H,8,17H2,1-3H3,(H,18,19)/b12-4+/t10-,11-,16+/m1/s1. The summed E-state index contributed by atoms with van der Waals surface area (Å²) < 4.78 is 0. The Morgan fingerprint density at radius 1 is 1.47 bits per heavy atom. The second-order valence-electron chi connectivity index (χ2n) is 5.87. The van der Waals surface area contributed by atoms with Gasteiger partial charge >= 0.3 is 0 Å². The Morgan fingerprint density at radius 3 is 2.89 bits per heavy atom. The predicted octanol–water partition coefficient (Wildman–Crippen LogP) is 2.56. The van der Waals surface area contributed by atoms with Gasteiger partial charge in [-0.1, -0.05) is 24.6 Å². The SMILES string of the molecule is C/C=C1\[C@@H]2C=C(C)C[C@@]1(N)c1ccc(=O)[nH]c1[C@@H]2C. The number of nitrogens with two attached hydrogens (primary N) is 1. The molecule has 100 valence electrons. The van der Waals surface area contributed by atoms with Gasteiger partial charge in [0.25, 0.3) is 0 Å². The Balaban J connectivity index is 2.34. The number of nitrogens with one attached hydrogen (secondary N) is 1. The van der Waals surface area contributed by atoms with Gasteiger partial charge in [-0.05, 0) is 37.5 Å². The van der Waals surface area contributed by atoms with Crippen LogP contribution >= 0.6 is 0 Å². The second-order valence-corrected chi connectivity index (χ2v) is 5.87. The van der Waals surface area contributed by atoms with Gasteiger partial charge in [-0.3, -0.25) is 4.79 Å². The molecule has 2 aliphatic rings. The molecule has 3 N–H and O–H groups in total. The third-order valence-corrected chi connectivity index (χ3v) is 4.63. The first-order valence-corrected chi connectivity index (χ1v) is 6.84. The maximum absolute atomic E-state index is 11.6. The fourth-order valence-corrected chi connectivity index (χ4v) is 3.83. The zero-order valence-corrected chi connectivity index (χ0v) is 11.7. The first-order valence-electron chi connectivity index (χ1n) is 6.84. The predicted molar refractivity (Wildman–Crippen MR) is 77.0 cm³/mol. The van der Waals surface area contributed by atoms with Gasteiger partial charge in [-0.15, -0.1) is 0 Å². The maximum atomic E-state index is 11.6.